The third kappa shape index (κ3) is 5.07. The predicted molar refractivity (Wildman–Crippen MR) is 119 cm³/mol. The Morgan fingerprint density at radius 2 is 1.72 bits per heavy atom. The number of aromatic nitrogens is 3. The van der Waals surface area contributed by atoms with Gasteiger partial charge in [-0.25, -0.2) is 0 Å². The van der Waals surface area contributed by atoms with Gasteiger partial charge in [-0.2, -0.15) is 0 Å². The number of thioether (sulfide) groups is 1. The minimum Gasteiger partial charge on any atom is -0.351 e. The Morgan fingerprint density at radius 3 is 2.34 bits per heavy atom. The number of hydrogen-bond acceptors (Lipinski definition) is 4. The van der Waals surface area contributed by atoms with Crippen LogP contribution in [0.2, 0.25) is 0 Å². The number of carbonyl (C=O) groups excluding carboxylic acids is 1. The molecule has 0 spiro atoms. The molecule has 1 N–H and O–H groups in total. The summed E-state index contributed by atoms with van der Waals surface area (Å²) in [5.41, 5.74) is 4.13. The number of amides is 1. The summed E-state index contributed by atoms with van der Waals surface area (Å²) in [7, 11) is 0. The molecule has 3 rings (SSSR count). The average molecular weight is 409 g/mol. The lowest BCUT2D eigenvalue weighted by Crippen LogP contribution is -2.44. The number of nitrogens with zero attached hydrogens (tertiary/aromatic N) is 3. The molecule has 0 radical (unpaired) electrons. The van der Waals surface area contributed by atoms with E-state index < -0.39 is 0 Å². The molecule has 152 valence electrons. The van der Waals surface area contributed by atoms with Crippen LogP contribution >= 0.6 is 11.8 Å². The van der Waals surface area contributed by atoms with Gasteiger partial charge in [-0.3, -0.25) is 9.36 Å². The van der Waals surface area contributed by atoms with Crippen LogP contribution < -0.4 is 5.32 Å². The fourth-order valence-electron chi connectivity index (χ4n) is 2.90. The molecule has 0 saturated heterocycles. The van der Waals surface area contributed by atoms with Crippen LogP contribution in [-0.2, 0) is 4.79 Å². The van der Waals surface area contributed by atoms with Crippen LogP contribution in [0.5, 0.6) is 0 Å². The van der Waals surface area contributed by atoms with E-state index in [2.05, 4.69) is 47.6 Å². The van der Waals surface area contributed by atoms with E-state index in [-0.39, 0.29) is 16.7 Å². The molecule has 0 aliphatic heterocycles. The van der Waals surface area contributed by atoms with Gasteiger partial charge in [0.1, 0.15) is 0 Å². The van der Waals surface area contributed by atoms with Gasteiger partial charge in [0, 0.05) is 11.1 Å². The molecule has 0 bridgehead atoms. The Kier molecular flexibility index (Phi) is 6.13. The van der Waals surface area contributed by atoms with Crippen LogP contribution in [0.25, 0.3) is 17.1 Å². The predicted octanol–water partition coefficient (Wildman–Crippen LogP) is 4.95. The monoisotopic (exact) mass is 408 g/mol. The normalized spacial score (nSPS) is 12.6. The van der Waals surface area contributed by atoms with Gasteiger partial charge in [0.05, 0.1) is 10.9 Å². The van der Waals surface area contributed by atoms with Crippen molar-refractivity contribution in [2.24, 2.45) is 0 Å². The lowest BCUT2D eigenvalue weighted by atomic mass is 10.1. The summed E-state index contributed by atoms with van der Waals surface area (Å²) in [6.45, 7) is 12.0. The fourth-order valence-corrected chi connectivity index (χ4v) is 3.77. The molecule has 3 aromatic rings. The van der Waals surface area contributed by atoms with Crippen LogP contribution in [0.1, 0.15) is 38.8 Å². The van der Waals surface area contributed by atoms with Gasteiger partial charge in [-0.05, 0) is 64.8 Å². The van der Waals surface area contributed by atoms with Crippen molar-refractivity contribution < 1.29 is 4.79 Å². The number of hydrogen-bond donors (Lipinski definition) is 1. The van der Waals surface area contributed by atoms with Crippen molar-refractivity contribution in [2.75, 3.05) is 0 Å². The van der Waals surface area contributed by atoms with E-state index in [0.717, 1.165) is 17.1 Å². The smallest absolute Gasteiger partial charge is 0.233 e. The first-order chi connectivity index (χ1) is 13.7. The van der Waals surface area contributed by atoms with Gasteiger partial charge < -0.3 is 5.32 Å². The number of rotatable bonds is 5. The SMILES string of the molecule is Cc1ccc(-n2c(SC(C)C(=O)NC(C)(C)C)nnc2-c2ccccc2)cc1C. The number of carbonyl (C=O) groups is 1. The minimum absolute atomic E-state index is 0.0154. The average Bonchev–Trinajstić information content (AvgIpc) is 3.07. The van der Waals surface area contributed by atoms with Gasteiger partial charge in [0.25, 0.3) is 0 Å². The largest absolute Gasteiger partial charge is 0.351 e. The summed E-state index contributed by atoms with van der Waals surface area (Å²) in [4.78, 5) is 12.6. The third-order valence-electron chi connectivity index (χ3n) is 4.56. The molecular formula is C23H28N4OS. The molecule has 0 fully saturated rings. The van der Waals surface area contributed by atoms with Crippen molar-refractivity contribution >= 4 is 17.7 Å². The van der Waals surface area contributed by atoms with Gasteiger partial charge >= 0.3 is 0 Å². The summed E-state index contributed by atoms with van der Waals surface area (Å²) >= 11 is 1.42. The van der Waals surface area contributed by atoms with Crippen molar-refractivity contribution in [3.63, 3.8) is 0 Å². The molecule has 1 amide bonds. The highest BCUT2D eigenvalue weighted by Crippen LogP contribution is 2.31. The lowest BCUT2D eigenvalue weighted by Gasteiger charge is -2.23. The first-order valence-electron chi connectivity index (χ1n) is 9.73. The first kappa shape index (κ1) is 21.1. The molecule has 1 aromatic heterocycles. The standard InChI is InChI=1S/C23H28N4OS/c1-15-12-13-19(14-16(15)2)27-20(18-10-8-7-9-11-18)25-26-22(27)29-17(3)21(28)24-23(4,5)6/h7-14,17H,1-6H3,(H,24,28). The quantitative estimate of drug-likeness (QED) is 0.607. The highest BCUT2D eigenvalue weighted by Gasteiger charge is 2.24. The van der Waals surface area contributed by atoms with Gasteiger partial charge in [-0.15, -0.1) is 10.2 Å². The molecule has 2 aromatic carbocycles. The van der Waals surface area contributed by atoms with Crippen LogP contribution in [0, 0.1) is 13.8 Å². The van der Waals surface area contributed by atoms with E-state index in [9.17, 15) is 4.79 Å². The number of aryl methyl sites for hydroxylation is 2. The minimum atomic E-state index is -0.299. The van der Waals surface area contributed by atoms with Gasteiger partial charge in [-0.1, -0.05) is 48.2 Å². The molecule has 1 heterocycles. The number of nitrogens with one attached hydrogen (secondary N) is 1. The summed E-state index contributed by atoms with van der Waals surface area (Å²) in [6, 6.07) is 16.3. The van der Waals surface area contributed by atoms with E-state index in [1.807, 2.05) is 62.6 Å². The van der Waals surface area contributed by atoms with E-state index in [1.165, 1.54) is 22.9 Å². The molecule has 1 atom stereocenters. The second-order valence-electron chi connectivity index (χ2n) is 8.28. The van der Waals surface area contributed by atoms with Crippen LogP contribution in [0.15, 0.2) is 53.7 Å². The van der Waals surface area contributed by atoms with Crippen molar-refractivity contribution in [1.29, 1.82) is 0 Å². The van der Waals surface area contributed by atoms with Gasteiger partial charge in [0.15, 0.2) is 11.0 Å². The third-order valence-corrected chi connectivity index (χ3v) is 5.61. The fraction of sp³-hybridized carbons (Fsp3) is 0.348. The van der Waals surface area contributed by atoms with Crippen LogP contribution in [-0.4, -0.2) is 31.5 Å². The van der Waals surface area contributed by atoms with Crippen LogP contribution in [0.3, 0.4) is 0 Å². The van der Waals surface area contributed by atoms with E-state index >= 15 is 0 Å². The van der Waals surface area contributed by atoms with Crippen molar-refractivity contribution in [1.82, 2.24) is 20.1 Å². The maximum absolute atomic E-state index is 12.6. The first-order valence-corrected chi connectivity index (χ1v) is 10.6. The van der Waals surface area contributed by atoms with Crippen molar-refractivity contribution in [3.8, 4) is 17.1 Å². The Labute approximate surface area is 176 Å². The molecule has 6 heteroatoms. The molecule has 0 saturated carbocycles. The summed E-state index contributed by atoms with van der Waals surface area (Å²) in [5, 5.41) is 12.3. The van der Waals surface area contributed by atoms with Crippen LogP contribution in [0.4, 0.5) is 0 Å². The Bertz CT molecular complexity index is 1010. The molecule has 0 aliphatic rings. The summed E-state index contributed by atoms with van der Waals surface area (Å²) in [5.74, 6) is 0.748. The Morgan fingerprint density at radius 1 is 1.03 bits per heavy atom. The molecule has 29 heavy (non-hydrogen) atoms. The Balaban J connectivity index is 2.02. The zero-order valence-corrected chi connectivity index (χ0v) is 18.7. The van der Waals surface area contributed by atoms with E-state index in [4.69, 9.17) is 0 Å². The lowest BCUT2D eigenvalue weighted by molar-refractivity contribution is -0.121. The maximum Gasteiger partial charge on any atom is 0.233 e. The zero-order chi connectivity index (χ0) is 21.2. The summed E-state index contributed by atoms with van der Waals surface area (Å²) in [6.07, 6.45) is 0. The van der Waals surface area contributed by atoms with E-state index in [1.54, 1.807) is 0 Å². The second-order valence-corrected chi connectivity index (χ2v) is 9.58. The highest BCUT2D eigenvalue weighted by atomic mass is 32.2. The highest BCUT2D eigenvalue weighted by molar-refractivity contribution is 8.00. The summed E-state index contributed by atoms with van der Waals surface area (Å²) < 4.78 is 2.04. The maximum atomic E-state index is 12.6. The molecular weight excluding hydrogens is 380 g/mol. The second kappa shape index (κ2) is 8.41. The zero-order valence-electron chi connectivity index (χ0n) is 17.9. The van der Waals surface area contributed by atoms with Crippen molar-refractivity contribution in [2.45, 2.75) is 57.5 Å². The molecule has 0 aliphatic carbocycles. The van der Waals surface area contributed by atoms with E-state index in [0.29, 0.717) is 5.16 Å². The molecule has 5 nitrogen and oxygen atoms in total. The van der Waals surface area contributed by atoms with Crippen molar-refractivity contribution in [3.05, 3.63) is 59.7 Å². The molecule has 1 unspecified atom stereocenters. The topological polar surface area (TPSA) is 59.8 Å². The Hall–Kier alpha value is -2.60. The number of benzene rings is 2. The van der Waals surface area contributed by atoms with Gasteiger partial charge in [0.2, 0.25) is 5.91 Å².